The summed E-state index contributed by atoms with van der Waals surface area (Å²) in [5, 5.41) is 4.92. The van der Waals surface area contributed by atoms with Crippen LogP contribution < -0.4 is 5.32 Å². The molecule has 2 aromatic rings. The van der Waals surface area contributed by atoms with E-state index in [1.165, 1.54) is 35.1 Å². The van der Waals surface area contributed by atoms with Gasteiger partial charge in [-0.2, -0.15) is 0 Å². The second kappa shape index (κ2) is 9.44. The maximum absolute atomic E-state index is 6.04. The number of morpholine rings is 1. The zero-order valence-electron chi connectivity index (χ0n) is 17.8. The van der Waals surface area contributed by atoms with Gasteiger partial charge in [0.15, 0.2) is 0 Å². The van der Waals surface area contributed by atoms with E-state index in [2.05, 4.69) is 17.1 Å². The normalized spacial score (nSPS) is 23.6. The lowest BCUT2D eigenvalue weighted by Crippen LogP contribution is -2.36. The SMILES string of the molecule is CC(COC1CCOC1)Nc1nc(CN2CCOCC2)nc2sc3c(c12)CCCC3. The van der Waals surface area contributed by atoms with E-state index in [-0.39, 0.29) is 12.1 Å². The molecule has 2 aliphatic heterocycles. The number of fused-ring (bicyclic) bond motifs is 3. The maximum atomic E-state index is 6.04. The Morgan fingerprint density at radius 3 is 2.87 bits per heavy atom. The quantitative estimate of drug-likeness (QED) is 0.721. The Balaban J connectivity index is 1.38. The van der Waals surface area contributed by atoms with Crippen LogP contribution in [-0.4, -0.2) is 73.1 Å². The molecule has 3 aliphatic rings. The lowest BCUT2D eigenvalue weighted by Gasteiger charge is -2.26. The molecular formula is C22H32N4O3S. The lowest BCUT2D eigenvalue weighted by atomic mass is 9.97. The Hall–Kier alpha value is -1.32. The predicted octanol–water partition coefficient (Wildman–Crippen LogP) is 3.01. The lowest BCUT2D eigenvalue weighted by molar-refractivity contribution is 0.0331. The molecule has 2 fully saturated rings. The van der Waals surface area contributed by atoms with Gasteiger partial charge in [0.1, 0.15) is 16.5 Å². The molecule has 2 unspecified atom stereocenters. The first-order valence-electron chi connectivity index (χ1n) is 11.3. The van der Waals surface area contributed by atoms with E-state index in [1.807, 2.05) is 11.3 Å². The smallest absolute Gasteiger partial charge is 0.146 e. The van der Waals surface area contributed by atoms with Crippen LogP contribution in [0.15, 0.2) is 0 Å². The highest BCUT2D eigenvalue weighted by Crippen LogP contribution is 2.39. The van der Waals surface area contributed by atoms with Crippen LogP contribution >= 0.6 is 11.3 Å². The molecule has 4 heterocycles. The summed E-state index contributed by atoms with van der Waals surface area (Å²) in [6.07, 6.45) is 6.07. The van der Waals surface area contributed by atoms with Crippen molar-refractivity contribution in [3.63, 3.8) is 0 Å². The standard InChI is InChI=1S/C22H32N4O3S/c1-15(13-29-16-6-9-28-14-16)23-21-20-17-4-2-3-5-18(17)30-22(20)25-19(24-21)12-26-7-10-27-11-8-26/h15-16H,2-14H2,1H3,(H,23,24,25). The molecule has 8 heteroatoms. The molecule has 0 radical (unpaired) electrons. The number of anilines is 1. The fourth-order valence-corrected chi connectivity index (χ4v) is 5.82. The molecule has 30 heavy (non-hydrogen) atoms. The van der Waals surface area contributed by atoms with Gasteiger partial charge in [-0.3, -0.25) is 4.90 Å². The fraction of sp³-hybridized carbons (Fsp3) is 0.727. The predicted molar refractivity (Wildman–Crippen MR) is 118 cm³/mol. The minimum absolute atomic E-state index is 0.180. The summed E-state index contributed by atoms with van der Waals surface area (Å²) < 4.78 is 17.0. The van der Waals surface area contributed by atoms with Crippen LogP contribution in [0, 0.1) is 0 Å². The van der Waals surface area contributed by atoms with Crippen LogP contribution in [0.3, 0.4) is 0 Å². The molecule has 1 aliphatic carbocycles. The van der Waals surface area contributed by atoms with Gasteiger partial charge in [0.25, 0.3) is 0 Å². The number of hydrogen-bond donors (Lipinski definition) is 1. The third kappa shape index (κ3) is 4.62. The van der Waals surface area contributed by atoms with Gasteiger partial charge < -0.3 is 19.5 Å². The zero-order chi connectivity index (χ0) is 20.3. The van der Waals surface area contributed by atoms with Gasteiger partial charge in [0.2, 0.25) is 0 Å². The third-order valence-corrected chi connectivity index (χ3v) is 7.37. The first-order chi connectivity index (χ1) is 14.8. The van der Waals surface area contributed by atoms with Crippen LogP contribution in [0.1, 0.15) is 42.5 Å². The summed E-state index contributed by atoms with van der Waals surface area (Å²) >= 11 is 1.87. The Morgan fingerprint density at radius 2 is 2.03 bits per heavy atom. The van der Waals surface area contributed by atoms with Gasteiger partial charge in [-0.1, -0.05) is 0 Å². The topological polar surface area (TPSA) is 68.7 Å². The molecule has 164 valence electrons. The summed E-state index contributed by atoms with van der Waals surface area (Å²) in [5.41, 5.74) is 1.47. The molecule has 0 amide bonds. The Kier molecular flexibility index (Phi) is 6.48. The first kappa shape index (κ1) is 20.6. The Bertz CT molecular complexity index is 862. The number of hydrogen-bond acceptors (Lipinski definition) is 8. The van der Waals surface area contributed by atoms with Crippen LogP contribution in [0.5, 0.6) is 0 Å². The summed E-state index contributed by atoms with van der Waals surface area (Å²) in [7, 11) is 0. The highest BCUT2D eigenvalue weighted by atomic mass is 32.1. The Morgan fingerprint density at radius 1 is 1.17 bits per heavy atom. The summed E-state index contributed by atoms with van der Waals surface area (Å²) in [4.78, 5) is 15.0. The minimum Gasteiger partial charge on any atom is -0.379 e. The number of nitrogens with one attached hydrogen (secondary N) is 1. The monoisotopic (exact) mass is 432 g/mol. The molecule has 1 N–H and O–H groups in total. The van der Waals surface area contributed by atoms with Gasteiger partial charge in [0.05, 0.1) is 44.5 Å². The van der Waals surface area contributed by atoms with Crippen LogP contribution in [0.2, 0.25) is 0 Å². The minimum atomic E-state index is 0.180. The molecule has 0 aromatic carbocycles. The molecule has 5 rings (SSSR count). The van der Waals surface area contributed by atoms with Crippen molar-refractivity contribution in [1.29, 1.82) is 0 Å². The molecule has 2 atom stereocenters. The second-order valence-corrected chi connectivity index (χ2v) is 9.72. The van der Waals surface area contributed by atoms with E-state index in [1.54, 1.807) is 0 Å². The van der Waals surface area contributed by atoms with Crippen molar-refractivity contribution in [1.82, 2.24) is 14.9 Å². The summed E-state index contributed by atoms with van der Waals surface area (Å²) in [5.74, 6) is 1.89. The van der Waals surface area contributed by atoms with Crippen molar-refractivity contribution in [2.45, 2.75) is 57.7 Å². The fourth-order valence-electron chi connectivity index (χ4n) is 4.54. The summed E-state index contributed by atoms with van der Waals surface area (Å²) in [6, 6.07) is 0.180. The molecule has 7 nitrogen and oxygen atoms in total. The van der Waals surface area contributed by atoms with E-state index in [0.717, 1.165) is 68.8 Å². The average Bonchev–Trinajstić information content (AvgIpc) is 3.40. The molecule has 2 aromatic heterocycles. The van der Waals surface area contributed by atoms with Gasteiger partial charge in [-0.15, -0.1) is 11.3 Å². The van der Waals surface area contributed by atoms with Gasteiger partial charge in [0, 0.05) is 30.6 Å². The van der Waals surface area contributed by atoms with E-state index < -0.39 is 0 Å². The molecular weight excluding hydrogens is 400 g/mol. The third-order valence-electron chi connectivity index (χ3n) is 6.18. The van der Waals surface area contributed by atoms with E-state index >= 15 is 0 Å². The maximum Gasteiger partial charge on any atom is 0.146 e. The number of aryl methyl sites for hydroxylation is 2. The average molecular weight is 433 g/mol. The number of nitrogens with zero attached hydrogens (tertiary/aromatic N) is 3. The van der Waals surface area contributed by atoms with Crippen molar-refractivity contribution in [3.05, 3.63) is 16.3 Å². The first-order valence-corrected chi connectivity index (χ1v) is 12.1. The van der Waals surface area contributed by atoms with Crippen LogP contribution in [-0.2, 0) is 33.6 Å². The van der Waals surface area contributed by atoms with E-state index in [0.29, 0.717) is 13.2 Å². The summed E-state index contributed by atoms with van der Waals surface area (Å²) in [6.45, 7) is 8.60. The van der Waals surface area contributed by atoms with Crippen molar-refractivity contribution in [2.75, 3.05) is 51.4 Å². The number of aromatic nitrogens is 2. The number of thiophene rings is 1. The highest BCUT2D eigenvalue weighted by molar-refractivity contribution is 7.19. The van der Waals surface area contributed by atoms with E-state index in [4.69, 9.17) is 24.2 Å². The van der Waals surface area contributed by atoms with Gasteiger partial charge in [-0.25, -0.2) is 9.97 Å². The highest BCUT2D eigenvalue weighted by Gasteiger charge is 2.23. The molecule has 0 saturated carbocycles. The van der Waals surface area contributed by atoms with Crippen molar-refractivity contribution in [3.8, 4) is 0 Å². The van der Waals surface area contributed by atoms with E-state index in [9.17, 15) is 0 Å². The second-order valence-electron chi connectivity index (χ2n) is 8.63. The molecule has 2 saturated heterocycles. The molecule has 0 spiro atoms. The number of ether oxygens (including phenoxy) is 3. The van der Waals surface area contributed by atoms with Gasteiger partial charge in [-0.05, 0) is 44.6 Å². The van der Waals surface area contributed by atoms with Crippen molar-refractivity contribution in [2.24, 2.45) is 0 Å². The van der Waals surface area contributed by atoms with Crippen molar-refractivity contribution < 1.29 is 14.2 Å². The Labute approximate surface area is 182 Å². The van der Waals surface area contributed by atoms with Crippen molar-refractivity contribution >= 4 is 27.4 Å². The largest absolute Gasteiger partial charge is 0.379 e. The molecule has 0 bridgehead atoms. The van der Waals surface area contributed by atoms with Crippen LogP contribution in [0.4, 0.5) is 5.82 Å². The van der Waals surface area contributed by atoms with Gasteiger partial charge >= 0.3 is 0 Å². The van der Waals surface area contributed by atoms with Crippen LogP contribution in [0.25, 0.3) is 10.2 Å². The zero-order valence-corrected chi connectivity index (χ0v) is 18.6. The number of rotatable bonds is 7.